The van der Waals surface area contributed by atoms with Crippen molar-refractivity contribution < 1.29 is 23.8 Å². The lowest BCUT2D eigenvalue weighted by Gasteiger charge is -2.22. The van der Waals surface area contributed by atoms with Gasteiger partial charge < -0.3 is 24.8 Å². The summed E-state index contributed by atoms with van der Waals surface area (Å²) in [5, 5.41) is 6.38. The third kappa shape index (κ3) is 6.47. The zero-order valence-corrected chi connectivity index (χ0v) is 22.0. The van der Waals surface area contributed by atoms with Crippen molar-refractivity contribution >= 4 is 34.5 Å². The summed E-state index contributed by atoms with van der Waals surface area (Å²) in [6.45, 7) is 3.72. The lowest BCUT2D eigenvalue weighted by atomic mass is 9.99. The summed E-state index contributed by atoms with van der Waals surface area (Å²) in [5.41, 5.74) is 5.76. The van der Waals surface area contributed by atoms with Crippen LogP contribution in [0.1, 0.15) is 27.0 Å². The standard InChI is InChI=1S/C30H33N3O5/c1-36-17-15-33(16-18-37-2)20-21-9-12-24(13-10-21)31-28(22-7-5-4-6-8-22)27-25-14-11-23(30(35)38-3)19-26(25)32-29(27)34/h4-14,19,31H,15-18,20H2,1-3H3,(H,32,34). The first kappa shape index (κ1) is 27.1. The van der Waals surface area contributed by atoms with Crippen molar-refractivity contribution in [1.29, 1.82) is 0 Å². The van der Waals surface area contributed by atoms with Gasteiger partial charge in [0.05, 0.1) is 42.8 Å². The van der Waals surface area contributed by atoms with Crippen LogP contribution in [0.2, 0.25) is 0 Å². The minimum Gasteiger partial charge on any atom is -0.465 e. The molecule has 0 spiro atoms. The van der Waals surface area contributed by atoms with Crippen LogP contribution in [-0.4, -0.2) is 64.4 Å². The molecule has 8 heteroatoms. The van der Waals surface area contributed by atoms with Crippen LogP contribution in [0.3, 0.4) is 0 Å². The maximum absolute atomic E-state index is 13.2. The molecule has 8 nitrogen and oxygen atoms in total. The molecule has 4 rings (SSSR count). The number of ether oxygens (including phenoxy) is 3. The Balaban J connectivity index is 1.63. The van der Waals surface area contributed by atoms with E-state index in [9.17, 15) is 9.59 Å². The maximum Gasteiger partial charge on any atom is 0.337 e. The van der Waals surface area contributed by atoms with Crippen LogP contribution in [0, 0.1) is 0 Å². The van der Waals surface area contributed by atoms with E-state index in [0.717, 1.165) is 42.0 Å². The van der Waals surface area contributed by atoms with Crippen molar-refractivity contribution in [3.8, 4) is 0 Å². The van der Waals surface area contributed by atoms with Gasteiger partial charge in [-0.2, -0.15) is 0 Å². The fourth-order valence-electron chi connectivity index (χ4n) is 4.36. The third-order valence-electron chi connectivity index (χ3n) is 6.35. The van der Waals surface area contributed by atoms with Gasteiger partial charge in [0.25, 0.3) is 5.91 Å². The second-order valence-electron chi connectivity index (χ2n) is 8.91. The van der Waals surface area contributed by atoms with Crippen LogP contribution in [0.4, 0.5) is 11.4 Å². The Bertz CT molecular complexity index is 1280. The highest BCUT2D eigenvalue weighted by Gasteiger charge is 2.29. The van der Waals surface area contributed by atoms with Crippen molar-refractivity contribution in [3.63, 3.8) is 0 Å². The number of fused-ring (bicyclic) bond motifs is 1. The van der Waals surface area contributed by atoms with Gasteiger partial charge >= 0.3 is 5.97 Å². The summed E-state index contributed by atoms with van der Waals surface area (Å²) in [7, 11) is 4.74. The number of methoxy groups -OCH3 is 3. The van der Waals surface area contributed by atoms with Crippen LogP contribution >= 0.6 is 0 Å². The number of carbonyl (C=O) groups excluding carboxylic acids is 2. The quantitative estimate of drug-likeness (QED) is 0.271. The van der Waals surface area contributed by atoms with Crippen LogP contribution in [-0.2, 0) is 25.5 Å². The van der Waals surface area contributed by atoms with Gasteiger partial charge in [-0.1, -0.05) is 48.5 Å². The van der Waals surface area contributed by atoms with Gasteiger partial charge in [-0.15, -0.1) is 0 Å². The fourth-order valence-corrected chi connectivity index (χ4v) is 4.36. The molecule has 38 heavy (non-hydrogen) atoms. The second-order valence-corrected chi connectivity index (χ2v) is 8.91. The van der Waals surface area contributed by atoms with Crippen molar-refractivity contribution in [2.24, 2.45) is 0 Å². The third-order valence-corrected chi connectivity index (χ3v) is 6.35. The molecule has 0 saturated carbocycles. The van der Waals surface area contributed by atoms with Gasteiger partial charge in [0.1, 0.15) is 0 Å². The SMILES string of the molecule is COCCN(CCOC)Cc1ccc(NC(=C2C(=O)Nc3cc(C(=O)OC)ccc32)c2ccccc2)cc1. The van der Waals surface area contributed by atoms with E-state index in [1.807, 2.05) is 42.5 Å². The van der Waals surface area contributed by atoms with E-state index in [-0.39, 0.29) is 5.91 Å². The molecule has 3 aromatic carbocycles. The Labute approximate surface area is 223 Å². The first-order chi connectivity index (χ1) is 18.5. The van der Waals surface area contributed by atoms with E-state index in [0.29, 0.717) is 35.7 Å². The minimum absolute atomic E-state index is 0.239. The molecule has 1 amide bonds. The fraction of sp³-hybridized carbons (Fsp3) is 0.267. The minimum atomic E-state index is -0.455. The Morgan fingerprint density at radius 3 is 2.18 bits per heavy atom. The van der Waals surface area contributed by atoms with Crippen molar-refractivity contribution in [2.45, 2.75) is 6.54 Å². The van der Waals surface area contributed by atoms with Gasteiger partial charge in [-0.3, -0.25) is 9.69 Å². The number of anilines is 2. The predicted octanol–water partition coefficient (Wildman–Crippen LogP) is 4.50. The molecule has 0 fully saturated rings. The zero-order valence-electron chi connectivity index (χ0n) is 22.0. The van der Waals surface area contributed by atoms with E-state index in [4.69, 9.17) is 14.2 Å². The highest BCUT2D eigenvalue weighted by molar-refractivity contribution is 6.37. The molecule has 3 aromatic rings. The Morgan fingerprint density at radius 1 is 0.868 bits per heavy atom. The molecule has 198 valence electrons. The second kappa shape index (κ2) is 13.0. The molecule has 1 aliphatic heterocycles. The van der Waals surface area contributed by atoms with Crippen molar-refractivity contribution in [2.75, 3.05) is 58.3 Å². The van der Waals surface area contributed by atoms with E-state index >= 15 is 0 Å². The number of amides is 1. The Kier molecular flexibility index (Phi) is 9.26. The Morgan fingerprint density at radius 2 is 1.55 bits per heavy atom. The zero-order chi connectivity index (χ0) is 26.9. The van der Waals surface area contributed by atoms with Gasteiger partial charge in [-0.05, 0) is 35.4 Å². The largest absolute Gasteiger partial charge is 0.465 e. The molecule has 1 aliphatic rings. The molecule has 0 atom stereocenters. The first-order valence-electron chi connectivity index (χ1n) is 12.4. The Hall–Kier alpha value is -3.98. The molecule has 0 bridgehead atoms. The number of esters is 1. The number of nitrogens with one attached hydrogen (secondary N) is 2. The molecule has 0 unspecified atom stereocenters. The molecular formula is C30H33N3O5. The number of rotatable bonds is 12. The summed E-state index contributed by atoms with van der Waals surface area (Å²) in [6.07, 6.45) is 0. The molecular weight excluding hydrogens is 482 g/mol. The van der Waals surface area contributed by atoms with E-state index < -0.39 is 5.97 Å². The average molecular weight is 516 g/mol. The van der Waals surface area contributed by atoms with Crippen LogP contribution in [0.25, 0.3) is 11.3 Å². The van der Waals surface area contributed by atoms with Gasteiger partial charge in [0.2, 0.25) is 0 Å². The van der Waals surface area contributed by atoms with Gasteiger partial charge in [0.15, 0.2) is 0 Å². The molecule has 0 radical (unpaired) electrons. The molecule has 2 N–H and O–H groups in total. The van der Waals surface area contributed by atoms with Gasteiger partial charge in [-0.25, -0.2) is 4.79 Å². The highest BCUT2D eigenvalue weighted by Crippen LogP contribution is 2.38. The average Bonchev–Trinajstić information content (AvgIpc) is 3.28. The molecule has 1 heterocycles. The lowest BCUT2D eigenvalue weighted by molar-refractivity contribution is -0.110. The number of hydrogen-bond acceptors (Lipinski definition) is 7. The predicted molar refractivity (Wildman–Crippen MR) is 149 cm³/mol. The van der Waals surface area contributed by atoms with Gasteiger partial charge in [0, 0.05) is 45.1 Å². The molecule has 0 saturated heterocycles. The van der Waals surface area contributed by atoms with E-state index in [1.165, 1.54) is 7.11 Å². The summed E-state index contributed by atoms with van der Waals surface area (Å²) < 4.78 is 15.3. The van der Waals surface area contributed by atoms with Crippen LogP contribution in [0.5, 0.6) is 0 Å². The van der Waals surface area contributed by atoms with Crippen LogP contribution in [0.15, 0.2) is 72.8 Å². The monoisotopic (exact) mass is 515 g/mol. The number of carbonyl (C=O) groups is 2. The van der Waals surface area contributed by atoms with E-state index in [1.54, 1.807) is 32.4 Å². The highest BCUT2D eigenvalue weighted by atomic mass is 16.5. The summed E-state index contributed by atoms with van der Waals surface area (Å²) in [4.78, 5) is 27.5. The lowest BCUT2D eigenvalue weighted by Crippen LogP contribution is -2.30. The molecule has 0 aromatic heterocycles. The topological polar surface area (TPSA) is 89.1 Å². The summed E-state index contributed by atoms with van der Waals surface area (Å²) in [5.74, 6) is -0.694. The first-order valence-corrected chi connectivity index (χ1v) is 12.4. The van der Waals surface area contributed by atoms with Crippen molar-refractivity contribution in [1.82, 2.24) is 4.90 Å². The molecule has 0 aliphatic carbocycles. The number of nitrogens with zero attached hydrogens (tertiary/aromatic N) is 1. The van der Waals surface area contributed by atoms with E-state index in [2.05, 4.69) is 27.7 Å². The number of hydrogen-bond donors (Lipinski definition) is 2. The number of benzene rings is 3. The summed E-state index contributed by atoms with van der Waals surface area (Å²) in [6, 6.07) is 23.0. The smallest absolute Gasteiger partial charge is 0.337 e. The summed E-state index contributed by atoms with van der Waals surface area (Å²) >= 11 is 0. The normalized spacial score (nSPS) is 13.7. The van der Waals surface area contributed by atoms with Crippen LogP contribution < -0.4 is 10.6 Å². The maximum atomic E-state index is 13.2. The van der Waals surface area contributed by atoms with Crippen molar-refractivity contribution in [3.05, 3.63) is 95.1 Å².